The number of hydrogen-bond donors (Lipinski definition) is 3. The van der Waals surface area contributed by atoms with Gasteiger partial charge in [0.2, 0.25) is 5.13 Å². The van der Waals surface area contributed by atoms with E-state index >= 15 is 0 Å². The lowest BCUT2D eigenvalue weighted by Crippen LogP contribution is -2.11. The molecule has 1 aromatic heterocycles. The molecular weight excluding hydrogens is 232 g/mol. The predicted molar refractivity (Wildman–Crippen MR) is 55.4 cm³/mol. The number of phenolic OH excluding ortho intramolecular Hbond substituents is 2. The molecule has 0 aliphatic carbocycles. The highest BCUT2D eigenvalue weighted by molar-refractivity contribution is 7.09. The lowest BCUT2D eigenvalue weighted by molar-refractivity contribution is 0.102. The molecule has 0 aliphatic rings. The summed E-state index contributed by atoms with van der Waals surface area (Å²) < 4.78 is 3.47. The van der Waals surface area contributed by atoms with Crippen molar-refractivity contribution in [3.8, 4) is 11.5 Å². The quantitative estimate of drug-likeness (QED) is 0.706. The summed E-state index contributed by atoms with van der Waals surface area (Å²) in [6.45, 7) is 0. The third kappa shape index (κ3) is 2.06. The van der Waals surface area contributed by atoms with Crippen LogP contribution in [0.25, 0.3) is 0 Å². The minimum atomic E-state index is -0.545. The smallest absolute Gasteiger partial charge is 0.261 e. The van der Waals surface area contributed by atoms with Gasteiger partial charge in [0.15, 0.2) is 0 Å². The van der Waals surface area contributed by atoms with Gasteiger partial charge >= 0.3 is 0 Å². The van der Waals surface area contributed by atoms with E-state index in [1.54, 1.807) is 0 Å². The van der Waals surface area contributed by atoms with Crippen LogP contribution >= 0.6 is 11.5 Å². The number of carbonyl (C=O) groups excluding carboxylic acids is 1. The van der Waals surface area contributed by atoms with Crippen molar-refractivity contribution >= 4 is 22.6 Å². The topological polar surface area (TPSA) is 108 Å². The molecule has 7 nitrogen and oxygen atoms in total. The first kappa shape index (κ1) is 10.3. The number of phenols is 2. The molecule has 16 heavy (non-hydrogen) atoms. The second-order valence-electron chi connectivity index (χ2n) is 2.82. The molecule has 82 valence electrons. The molecule has 1 heterocycles. The first-order chi connectivity index (χ1) is 7.66. The van der Waals surface area contributed by atoms with E-state index in [1.165, 1.54) is 12.1 Å². The van der Waals surface area contributed by atoms with Gasteiger partial charge < -0.3 is 10.2 Å². The Morgan fingerprint density at radius 1 is 1.38 bits per heavy atom. The molecule has 1 amide bonds. The number of hydrogen-bond acceptors (Lipinski definition) is 7. The Balaban J connectivity index is 2.21. The summed E-state index contributed by atoms with van der Waals surface area (Å²) in [5, 5.41) is 27.9. The number of nitrogens with one attached hydrogen (secondary N) is 1. The molecular formula is C8H6N4O3S. The lowest BCUT2D eigenvalue weighted by atomic mass is 10.2. The van der Waals surface area contributed by atoms with E-state index in [0.29, 0.717) is 0 Å². The molecule has 0 saturated carbocycles. The monoisotopic (exact) mass is 238 g/mol. The van der Waals surface area contributed by atoms with E-state index in [2.05, 4.69) is 20.1 Å². The first-order valence-electron chi connectivity index (χ1n) is 4.15. The van der Waals surface area contributed by atoms with Crippen molar-refractivity contribution in [2.24, 2.45) is 0 Å². The highest BCUT2D eigenvalue weighted by Gasteiger charge is 2.13. The van der Waals surface area contributed by atoms with Gasteiger partial charge in [0.05, 0.1) is 5.56 Å². The average molecular weight is 238 g/mol. The molecule has 0 fully saturated rings. The van der Waals surface area contributed by atoms with Gasteiger partial charge in [0.25, 0.3) is 5.91 Å². The van der Waals surface area contributed by atoms with Gasteiger partial charge in [0.1, 0.15) is 11.5 Å². The van der Waals surface area contributed by atoms with E-state index in [0.717, 1.165) is 17.6 Å². The van der Waals surface area contributed by atoms with Gasteiger partial charge in [-0.25, -0.2) is 0 Å². The summed E-state index contributed by atoms with van der Waals surface area (Å²) in [7, 11) is 0. The van der Waals surface area contributed by atoms with Crippen molar-refractivity contribution < 1.29 is 15.0 Å². The number of carbonyl (C=O) groups is 1. The Morgan fingerprint density at radius 2 is 2.19 bits per heavy atom. The minimum absolute atomic E-state index is 0.0352. The molecule has 0 aliphatic heterocycles. The van der Waals surface area contributed by atoms with Crippen molar-refractivity contribution in [2.75, 3.05) is 5.32 Å². The van der Waals surface area contributed by atoms with E-state index in [4.69, 9.17) is 5.11 Å². The number of amides is 1. The summed E-state index contributed by atoms with van der Waals surface area (Å²) in [5.74, 6) is -0.974. The van der Waals surface area contributed by atoms with E-state index in [1.807, 2.05) is 0 Å². The highest BCUT2D eigenvalue weighted by Crippen LogP contribution is 2.23. The van der Waals surface area contributed by atoms with Crippen LogP contribution in [0.5, 0.6) is 11.5 Å². The van der Waals surface area contributed by atoms with Crippen LogP contribution in [0, 0.1) is 0 Å². The fourth-order valence-electron chi connectivity index (χ4n) is 1.06. The average Bonchev–Trinajstić information content (AvgIpc) is 2.70. The maximum absolute atomic E-state index is 11.6. The standard InChI is InChI=1S/C8H6N4O3S/c13-4-1-2-5(6(14)3-4)7(15)9-8-10-11-12-16-8/h1-3,13-14H,(H,9,10,12,15). The Bertz CT molecular complexity index is 514. The molecule has 0 saturated heterocycles. The first-order valence-corrected chi connectivity index (χ1v) is 4.92. The SMILES string of the molecule is O=C(Nc1nnns1)c1ccc(O)cc1O. The van der Waals surface area contributed by atoms with E-state index in [9.17, 15) is 9.90 Å². The van der Waals surface area contributed by atoms with Crippen LogP contribution < -0.4 is 5.32 Å². The van der Waals surface area contributed by atoms with Gasteiger partial charge in [0, 0.05) is 17.6 Å². The number of rotatable bonds is 2. The molecule has 0 radical (unpaired) electrons. The number of nitrogens with zero attached hydrogens (tertiary/aromatic N) is 3. The van der Waals surface area contributed by atoms with Crippen molar-refractivity contribution in [2.45, 2.75) is 0 Å². The van der Waals surface area contributed by atoms with Gasteiger partial charge in [-0.2, -0.15) is 0 Å². The zero-order valence-electron chi connectivity index (χ0n) is 7.78. The van der Waals surface area contributed by atoms with Crippen molar-refractivity contribution in [3.63, 3.8) is 0 Å². The third-order valence-electron chi connectivity index (χ3n) is 1.75. The van der Waals surface area contributed by atoms with Gasteiger partial charge in [-0.15, -0.1) is 0 Å². The van der Waals surface area contributed by atoms with Gasteiger partial charge in [-0.05, 0) is 17.3 Å². The van der Waals surface area contributed by atoms with Crippen molar-refractivity contribution in [1.82, 2.24) is 14.8 Å². The van der Waals surface area contributed by atoms with Crippen molar-refractivity contribution in [3.05, 3.63) is 23.8 Å². The fraction of sp³-hybridized carbons (Fsp3) is 0. The molecule has 0 atom stereocenters. The Kier molecular flexibility index (Phi) is 2.64. The zero-order valence-corrected chi connectivity index (χ0v) is 8.60. The summed E-state index contributed by atoms with van der Waals surface area (Å²) in [6, 6.07) is 3.68. The second-order valence-corrected chi connectivity index (χ2v) is 3.56. The molecule has 0 bridgehead atoms. The molecule has 0 unspecified atom stereocenters. The molecule has 8 heteroatoms. The number of aromatic hydroxyl groups is 2. The summed E-state index contributed by atoms with van der Waals surface area (Å²) in [5.41, 5.74) is 0.0352. The van der Waals surface area contributed by atoms with Crippen LogP contribution in [-0.4, -0.2) is 30.9 Å². The molecule has 0 spiro atoms. The summed E-state index contributed by atoms with van der Waals surface area (Å²) >= 11 is 0.920. The number of aromatic nitrogens is 3. The van der Waals surface area contributed by atoms with Crippen LogP contribution in [-0.2, 0) is 0 Å². The Labute approximate surface area is 93.5 Å². The normalized spacial score (nSPS) is 10.0. The zero-order chi connectivity index (χ0) is 11.5. The van der Waals surface area contributed by atoms with Crippen LogP contribution in [0.15, 0.2) is 18.2 Å². The molecule has 3 N–H and O–H groups in total. The van der Waals surface area contributed by atoms with Crippen LogP contribution in [0.4, 0.5) is 5.13 Å². The molecule has 2 rings (SSSR count). The molecule has 1 aromatic carbocycles. The maximum atomic E-state index is 11.6. The molecule has 2 aromatic rings. The highest BCUT2D eigenvalue weighted by atomic mass is 32.1. The Hall–Kier alpha value is -2.22. The Morgan fingerprint density at radius 3 is 2.81 bits per heavy atom. The number of anilines is 1. The van der Waals surface area contributed by atoms with Crippen LogP contribution in [0.3, 0.4) is 0 Å². The van der Waals surface area contributed by atoms with Crippen molar-refractivity contribution in [1.29, 1.82) is 0 Å². The second kappa shape index (κ2) is 4.11. The van der Waals surface area contributed by atoms with E-state index < -0.39 is 5.91 Å². The summed E-state index contributed by atoms with van der Waals surface area (Å²) in [4.78, 5) is 11.6. The summed E-state index contributed by atoms with van der Waals surface area (Å²) in [6.07, 6.45) is 0. The minimum Gasteiger partial charge on any atom is -0.508 e. The van der Waals surface area contributed by atoms with E-state index in [-0.39, 0.29) is 22.2 Å². The van der Waals surface area contributed by atoms with Crippen LogP contribution in [0.1, 0.15) is 10.4 Å². The maximum Gasteiger partial charge on any atom is 0.261 e. The van der Waals surface area contributed by atoms with Crippen LogP contribution in [0.2, 0.25) is 0 Å². The number of benzene rings is 1. The van der Waals surface area contributed by atoms with Gasteiger partial charge in [-0.1, -0.05) is 9.59 Å². The third-order valence-corrected chi connectivity index (χ3v) is 2.26. The largest absolute Gasteiger partial charge is 0.508 e. The van der Waals surface area contributed by atoms with Gasteiger partial charge in [-0.3, -0.25) is 10.1 Å². The predicted octanol–water partition coefficient (Wildman–Crippen LogP) is 0.597. The lowest BCUT2D eigenvalue weighted by Gasteiger charge is -2.03. The fourth-order valence-corrected chi connectivity index (χ4v) is 1.42.